The van der Waals surface area contributed by atoms with Crippen molar-refractivity contribution in [1.82, 2.24) is 0 Å². The van der Waals surface area contributed by atoms with Gasteiger partial charge < -0.3 is 4.90 Å². The molecule has 38 heavy (non-hydrogen) atoms. The first-order valence-electron chi connectivity index (χ1n) is 12.9. The lowest BCUT2D eigenvalue weighted by atomic mass is 9.96. The van der Waals surface area contributed by atoms with Crippen molar-refractivity contribution in [1.29, 1.82) is 0 Å². The molecular formula is C36H23NS. The monoisotopic (exact) mass is 501 g/mol. The van der Waals surface area contributed by atoms with Gasteiger partial charge in [-0.2, -0.15) is 0 Å². The van der Waals surface area contributed by atoms with Gasteiger partial charge in [0.15, 0.2) is 0 Å². The third kappa shape index (κ3) is 3.31. The van der Waals surface area contributed by atoms with Crippen LogP contribution in [-0.2, 0) is 0 Å². The molecule has 0 aliphatic heterocycles. The topological polar surface area (TPSA) is 3.24 Å². The first-order valence-corrected chi connectivity index (χ1v) is 13.8. The average molecular weight is 502 g/mol. The highest BCUT2D eigenvalue weighted by Gasteiger charge is 2.15. The van der Waals surface area contributed by atoms with E-state index >= 15 is 0 Å². The Morgan fingerprint density at radius 1 is 0.342 bits per heavy atom. The molecule has 0 fully saturated rings. The fraction of sp³-hybridized carbons (Fsp3) is 0. The van der Waals surface area contributed by atoms with Gasteiger partial charge in [-0.05, 0) is 74.8 Å². The lowest BCUT2D eigenvalue weighted by Gasteiger charge is -2.26. The van der Waals surface area contributed by atoms with E-state index in [9.17, 15) is 0 Å². The average Bonchev–Trinajstić information content (AvgIpc) is 3.35. The first kappa shape index (κ1) is 21.4. The molecule has 0 radical (unpaired) electrons. The maximum Gasteiger partial charge on any atom is 0.0476 e. The minimum absolute atomic E-state index is 1.15. The Labute approximate surface area is 224 Å². The van der Waals surface area contributed by atoms with Gasteiger partial charge in [0.05, 0.1) is 0 Å². The van der Waals surface area contributed by atoms with E-state index in [2.05, 4.69) is 144 Å². The lowest BCUT2D eigenvalue weighted by molar-refractivity contribution is 1.30. The minimum atomic E-state index is 1.15. The number of thiophene rings is 1. The molecular weight excluding hydrogens is 478 g/mol. The number of hydrogen-bond acceptors (Lipinski definition) is 2. The molecule has 178 valence electrons. The molecule has 0 amide bonds. The molecule has 8 rings (SSSR count). The Morgan fingerprint density at radius 2 is 0.921 bits per heavy atom. The normalized spacial score (nSPS) is 11.7. The third-order valence-corrected chi connectivity index (χ3v) is 8.75. The zero-order chi connectivity index (χ0) is 25.1. The van der Waals surface area contributed by atoms with Gasteiger partial charge in [0.2, 0.25) is 0 Å². The molecule has 8 aromatic rings. The summed E-state index contributed by atoms with van der Waals surface area (Å²) in [5.74, 6) is 0. The summed E-state index contributed by atoms with van der Waals surface area (Å²) in [5.41, 5.74) is 3.48. The highest BCUT2D eigenvalue weighted by Crippen LogP contribution is 2.41. The predicted molar refractivity (Wildman–Crippen MR) is 167 cm³/mol. The van der Waals surface area contributed by atoms with Gasteiger partial charge >= 0.3 is 0 Å². The van der Waals surface area contributed by atoms with Gasteiger partial charge in [0, 0.05) is 37.2 Å². The van der Waals surface area contributed by atoms with Crippen molar-refractivity contribution in [3.63, 3.8) is 0 Å². The summed E-state index contributed by atoms with van der Waals surface area (Å²) in [6.45, 7) is 0. The van der Waals surface area contributed by atoms with E-state index in [0.29, 0.717) is 0 Å². The summed E-state index contributed by atoms with van der Waals surface area (Å²) < 4.78 is 2.64. The molecule has 2 heteroatoms. The lowest BCUT2D eigenvalue weighted by Crippen LogP contribution is -2.09. The van der Waals surface area contributed by atoms with Crippen LogP contribution in [0.2, 0.25) is 0 Å². The van der Waals surface area contributed by atoms with Crippen molar-refractivity contribution in [2.75, 3.05) is 4.90 Å². The van der Waals surface area contributed by atoms with Gasteiger partial charge in [0.25, 0.3) is 0 Å². The molecule has 0 unspecified atom stereocenters. The van der Waals surface area contributed by atoms with Crippen LogP contribution in [0.1, 0.15) is 0 Å². The summed E-state index contributed by atoms with van der Waals surface area (Å²) in [6.07, 6.45) is 0. The van der Waals surface area contributed by atoms with Crippen LogP contribution in [0.5, 0.6) is 0 Å². The molecule has 0 bridgehead atoms. The van der Waals surface area contributed by atoms with Crippen molar-refractivity contribution in [3.8, 4) is 0 Å². The number of para-hydroxylation sites is 1. The molecule has 7 aromatic carbocycles. The maximum atomic E-state index is 2.37. The summed E-state index contributed by atoms with van der Waals surface area (Å²) in [4.78, 5) is 2.37. The highest BCUT2D eigenvalue weighted by atomic mass is 32.1. The van der Waals surface area contributed by atoms with Crippen LogP contribution in [0.3, 0.4) is 0 Å². The van der Waals surface area contributed by atoms with Crippen molar-refractivity contribution in [2.24, 2.45) is 0 Å². The van der Waals surface area contributed by atoms with Crippen molar-refractivity contribution in [2.45, 2.75) is 0 Å². The number of rotatable bonds is 3. The molecule has 0 saturated heterocycles. The second kappa shape index (κ2) is 8.44. The van der Waals surface area contributed by atoms with Crippen LogP contribution < -0.4 is 4.90 Å². The van der Waals surface area contributed by atoms with Crippen molar-refractivity contribution >= 4 is 80.9 Å². The number of fused-ring (bicyclic) bond motifs is 8. The molecule has 0 atom stereocenters. The Morgan fingerprint density at radius 3 is 1.76 bits per heavy atom. The minimum Gasteiger partial charge on any atom is -0.310 e. The van der Waals surface area contributed by atoms with Gasteiger partial charge in [-0.1, -0.05) is 97.1 Å². The third-order valence-electron chi connectivity index (χ3n) is 7.62. The van der Waals surface area contributed by atoms with Crippen molar-refractivity contribution < 1.29 is 0 Å². The fourth-order valence-corrected chi connectivity index (χ4v) is 6.97. The van der Waals surface area contributed by atoms with E-state index in [0.717, 1.165) is 11.4 Å². The van der Waals surface area contributed by atoms with E-state index in [-0.39, 0.29) is 0 Å². The SMILES string of the molecule is c1ccc(N(c2ccc3c(ccc4c5ccccc5ccc34)c2)c2ccc3c(c2)sc2ccccc23)cc1. The number of nitrogens with zero attached hydrogens (tertiary/aromatic N) is 1. The Kier molecular flexibility index (Phi) is 4.76. The molecule has 1 heterocycles. The van der Waals surface area contributed by atoms with Gasteiger partial charge in [0.1, 0.15) is 0 Å². The predicted octanol–water partition coefficient (Wildman–Crippen LogP) is 11.0. The van der Waals surface area contributed by atoms with E-state index in [1.54, 1.807) is 0 Å². The van der Waals surface area contributed by atoms with Gasteiger partial charge in [-0.25, -0.2) is 0 Å². The second-order valence-electron chi connectivity index (χ2n) is 9.80. The number of benzene rings is 7. The summed E-state index contributed by atoms with van der Waals surface area (Å²) in [6, 6.07) is 50.8. The van der Waals surface area contributed by atoms with Crippen LogP contribution in [0.25, 0.3) is 52.5 Å². The van der Waals surface area contributed by atoms with Crippen LogP contribution in [0.15, 0.2) is 140 Å². The largest absolute Gasteiger partial charge is 0.310 e. The first-order chi connectivity index (χ1) is 18.8. The van der Waals surface area contributed by atoms with E-state index < -0.39 is 0 Å². The van der Waals surface area contributed by atoms with E-state index in [1.807, 2.05) is 11.3 Å². The molecule has 1 aromatic heterocycles. The number of hydrogen-bond donors (Lipinski definition) is 0. The summed E-state index contributed by atoms with van der Waals surface area (Å²) in [7, 11) is 0. The van der Waals surface area contributed by atoms with Crippen LogP contribution in [0, 0.1) is 0 Å². The quantitative estimate of drug-likeness (QED) is 0.218. The Bertz CT molecular complexity index is 2140. The zero-order valence-electron chi connectivity index (χ0n) is 20.6. The fourth-order valence-electron chi connectivity index (χ4n) is 5.83. The van der Waals surface area contributed by atoms with E-state index in [1.165, 1.54) is 58.2 Å². The van der Waals surface area contributed by atoms with Crippen LogP contribution in [-0.4, -0.2) is 0 Å². The molecule has 0 aliphatic rings. The highest BCUT2D eigenvalue weighted by molar-refractivity contribution is 7.25. The van der Waals surface area contributed by atoms with Gasteiger partial charge in [-0.15, -0.1) is 11.3 Å². The summed E-state index contributed by atoms with van der Waals surface area (Å²) >= 11 is 1.86. The Hall–Kier alpha value is -4.66. The standard InChI is InChI=1S/C36H23NS/c1-2-9-26(10-3-1)37(28-17-21-34-33-12-6-7-13-35(33)38-36(34)23-28)27-16-20-30-25(22-27)15-19-31-29-11-5-4-8-24(29)14-18-32(30)31/h1-23H. The zero-order valence-corrected chi connectivity index (χ0v) is 21.5. The van der Waals surface area contributed by atoms with Crippen molar-refractivity contribution in [3.05, 3.63) is 140 Å². The molecule has 1 nitrogen and oxygen atoms in total. The summed E-state index contributed by atoms with van der Waals surface area (Å²) in [5, 5.41) is 10.4. The molecule has 0 N–H and O–H groups in total. The Balaban J connectivity index is 1.33. The van der Waals surface area contributed by atoms with Crippen LogP contribution >= 0.6 is 11.3 Å². The molecule has 0 spiro atoms. The molecule has 0 aliphatic carbocycles. The molecule has 0 saturated carbocycles. The van der Waals surface area contributed by atoms with Crippen LogP contribution in [0.4, 0.5) is 17.1 Å². The number of anilines is 3. The second-order valence-corrected chi connectivity index (χ2v) is 10.9. The van der Waals surface area contributed by atoms with Gasteiger partial charge in [-0.3, -0.25) is 0 Å². The van der Waals surface area contributed by atoms with E-state index in [4.69, 9.17) is 0 Å². The smallest absolute Gasteiger partial charge is 0.0476 e. The maximum absolute atomic E-state index is 2.37.